The molecule has 17 heavy (non-hydrogen) atoms. The molecule has 0 saturated carbocycles. The lowest BCUT2D eigenvalue weighted by Crippen LogP contribution is -2.24. The second-order valence-electron chi connectivity index (χ2n) is 5.20. The van der Waals surface area contributed by atoms with E-state index in [0.29, 0.717) is 6.61 Å². The van der Waals surface area contributed by atoms with Gasteiger partial charge in [-0.3, -0.25) is 0 Å². The van der Waals surface area contributed by atoms with Crippen LogP contribution in [0.2, 0.25) is 0 Å². The van der Waals surface area contributed by atoms with E-state index in [0.717, 1.165) is 23.5 Å². The van der Waals surface area contributed by atoms with Crippen molar-refractivity contribution in [1.29, 1.82) is 0 Å². The molecule has 92 valence electrons. The highest BCUT2D eigenvalue weighted by Crippen LogP contribution is 2.48. The molecule has 0 fully saturated rings. The molecule has 4 nitrogen and oxygen atoms in total. The molecule has 1 aromatic carbocycles. The Morgan fingerprint density at radius 2 is 2.18 bits per heavy atom. The van der Waals surface area contributed by atoms with Gasteiger partial charge in [0.2, 0.25) is 0 Å². The summed E-state index contributed by atoms with van der Waals surface area (Å²) in [6.07, 6.45) is 0.932. The maximum atomic E-state index is 5.97. The van der Waals surface area contributed by atoms with E-state index in [-0.39, 0.29) is 11.6 Å². The van der Waals surface area contributed by atoms with Gasteiger partial charge in [0.25, 0.3) is 0 Å². The second-order valence-corrected chi connectivity index (χ2v) is 5.20. The van der Waals surface area contributed by atoms with Gasteiger partial charge in [-0.05, 0) is 13.8 Å². The van der Waals surface area contributed by atoms with Crippen molar-refractivity contribution in [2.75, 3.05) is 13.7 Å². The fraction of sp³-hybridized carbons (Fsp3) is 0.538. The lowest BCUT2D eigenvalue weighted by molar-refractivity contribution is 0.0533. The molecule has 0 aliphatic carbocycles. The zero-order valence-electron chi connectivity index (χ0n) is 10.4. The van der Waals surface area contributed by atoms with Crippen molar-refractivity contribution < 1.29 is 14.3 Å². The average Bonchev–Trinajstić information content (AvgIpc) is 2.78. The summed E-state index contributed by atoms with van der Waals surface area (Å²) >= 11 is 0. The summed E-state index contributed by atoms with van der Waals surface area (Å²) in [4.78, 5) is 4.97. The molecule has 2 aliphatic rings. The Labute approximate surface area is 101 Å². The van der Waals surface area contributed by atoms with Crippen molar-refractivity contribution in [3.8, 4) is 11.5 Å². The quantitative estimate of drug-likeness (QED) is 0.796. The molecular weight excluding hydrogens is 218 g/mol. The molecule has 4 heteroatoms. The minimum absolute atomic E-state index is 0.0904. The van der Waals surface area contributed by atoms with E-state index in [9.17, 15) is 0 Å². The standard InChI is InChI=1S/C13H17NO3/c1-13(2)6-8-4-5-9-10(14-15-3)7-16-12(9)11(8)17-13/h4-5,10,14H,6-7H2,1-3H3. The summed E-state index contributed by atoms with van der Waals surface area (Å²) in [6, 6.07) is 4.32. The van der Waals surface area contributed by atoms with E-state index < -0.39 is 0 Å². The predicted molar refractivity (Wildman–Crippen MR) is 63.2 cm³/mol. The molecule has 2 heterocycles. The van der Waals surface area contributed by atoms with Gasteiger partial charge in [0.1, 0.15) is 12.2 Å². The smallest absolute Gasteiger partial charge is 0.166 e. The van der Waals surface area contributed by atoms with Crippen LogP contribution in [0, 0.1) is 0 Å². The van der Waals surface area contributed by atoms with Crippen molar-refractivity contribution in [3.05, 3.63) is 23.3 Å². The molecule has 1 aromatic rings. The molecule has 3 rings (SSSR count). The fourth-order valence-electron chi connectivity index (χ4n) is 2.56. The third kappa shape index (κ3) is 1.68. The highest BCUT2D eigenvalue weighted by Gasteiger charge is 2.37. The molecule has 1 unspecified atom stereocenters. The van der Waals surface area contributed by atoms with Gasteiger partial charge in [-0.15, -0.1) is 0 Å². The second kappa shape index (κ2) is 3.62. The summed E-state index contributed by atoms with van der Waals surface area (Å²) in [7, 11) is 1.62. The first-order valence-corrected chi connectivity index (χ1v) is 5.87. The highest BCUT2D eigenvalue weighted by molar-refractivity contribution is 5.57. The summed E-state index contributed by atoms with van der Waals surface area (Å²) < 4.78 is 11.7. The van der Waals surface area contributed by atoms with E-state index in [4.69, 9.17) is 14.3 Å². The summed E-state index contributed by atoms with van der Waals surface area (Å²) in [5.74, 6) is 1.79. The van der Waals surface area contributed by atoms with Crippen LogP contribution in [0.4, 0.5) is 0 Å². The Hall–Kier alpha value is -1.26. The van der Waals surface area contributed by atoms with Crippen molar-refractivity contribution in [1.82, 2.24) is 5.48 Å². The topological polar surface area (TPSA) is 39.7 Å². The number of hydrogen-bond acceptors (Lipinski definition) is 4. The Kier molecular flexibility index (Phi) is 2.31. The first kappa shape index (κ1) is 10.9. The van der Waals surface area contributed by atoms with Crippen LogP contribution in [0.1, 0.15) is 31.0 Å². The Morgan fingerprint density at radius 1 is 1.35 bits per heavy atom. The molecule has 2 aliphatic heterocycles. The Bertz CT molecular complexity index is 456. The summed E-state index contributed by atoms with van der Waals surface area (Å²) in [5, 5.41) is 0. The molecule has 1 atom stereocenters. The number of fused-ring (bicyclic) bond motifs is 3. The summed E-state index contributed by atoms with van der Waals surface area (Å²) in [5.41, 5.74) is 5.14. The largest absolute Gasteiger partial charge is 0.487 e. The van der Waals surface area contributed by atoms with Crippen molar-refractivity contribution in [2.45, 2.75) is 31.9 Å². The third-order valence-electron chi connectivity index (χ3n) is 3.25. The molecule has 0 bridgehead atoms. The van der Waals surface area contributed by atoms with Gasteiger partial charge in [0.05, 0.1) is 13.2 Å². The van der Waals surface area contributed by atoms with E-state index in [1.54, 1.807) is 7.11 Å². The van der Waals surface area contributed by atoms with E-state index in [2.05, 4.69) is 31.5 Å². The first-order valence-electron chi connectivity index (χ1n) is 5.87. The maximum absolute atomic E-state index is 5.97. The number of hydrogen-bond donors (Lipinski definition) is 1. The van der Waals surface area contributed by atoms with Gasteiger partial charge in [-0.2, -0.15) is 5.48 Å². The number of nitrogens with one attached hydrogen (secondary N) is 1. The van der Waals surface area contributed by atoms with Gasteiger partial charge in [0.15, 0.2) is 11.5 Å². The van der Waals surface area contributed by atoms with Crippen LogP contribution in [-0.4, -0.2) is 19.3 Å². The minimum Gasteiger partial charge on any atom is -0.487 e. The first-order chi connectivity index (χ1) is 8.11. The van der Waals surface area contributed by atoms with Crippen LogP contribution in [0.3, 0.4) is 0 Å². The number of hydroxylamine groups is 1. The molecule has 0 aromatic heterocycles. The van der Waals surface area contributed by atoms with Crippen LogP contribution >= 0.6 is 0 Å². The molecule has 1 N–H and O–H groups in total. The van der Waals surface area contributed by atoms with Crippen molar-refractivity contribution in [3.63, 3.8) is 0 Å². The zero-order chi connectivity index (χ0) is 12.0. The van der Waals surface area contributed by atoms with Gasteiger partial charge < -0.3 is 14.3 Å². The Balaban J connectivity index is 2.00. The molecule has 0 amide bonds. The summed E-state index contributed by atoms with van der Waals surface area (Å²) in [6.45, 7) is 4.78. The number of benzene rings is 1. The fourth-order valence-corrected chi connectivity index (χ4v) is 2.56. The van der Waals surface area contributed by atoms with Crippen LogP contribution in [0.5, 0.6) is 11.5 Å². The van der Waals surface area contributed by atoms with Gasteiger partial charge in [-0.25, -0.2) is 0 Å². The van der Waals surface area contributed by atoms with E-state index >= 15 is 0 Å². The normalized spacial score (nSPS) is 23.8. The lowest BCUT2D eigenvalue weighted by Gasteiger charge is -2.17. The highest BCUT2D eigenvalue weighted by atomic mass is 16.6. The van der Waals surface area contributed by atoms with Gasteiger partial charge in [-0.1, -0.05) is 12.1 Å². The molecule has 0 saturated heterocycles. The van der Waals surface area contributed by atoms with Crippen molar-refractivity contribution >= 4 is 0 Å². The Morgan fingerprint density at radius 3 is 2.94 bits per heavy atom. The SMILES string of the molecule is CONC1COc2c1ccc1c2OC(C)(C)C1. The molecular formula is C13H17NO3. The van der Waals surface area contributed by atoms with Crippen LogP contribution < -0.4 is 15.0 Å². The minimum atomic E-state index is -0.131. The lowest BCUT2D eigenvalue weighted by atomic mass is 9.99. The third-order valence-corrected chi connectivity index (χ3v) is 3.25. The number of rotatable bonds is 2. The zero-order valence-corrected chi connectivity index (χ0v) is 10.4. The predicted octanol–water partition coefficient (Wildman–Crippen LogP) is 1.98. The van der Waals surface area contributed by atoms with E-state index in [1.165, 1.54) is 5.56 Å². The van der Waals surface area contributed by atoms with Crippen LogP contribution in [0.25, 0.3) is 0 Å². The van der Waals surface area contributed by atoms with Gasteiger partial charge >= 0.3 is 0 Å². The molecule has 0 spiro atoms. The average molecular weight is 235 g/mol. The number of ether oxygens (including phenoxy) is 2. The van der Waals surface area contributed by atoms with Crippen molar-refractivity contribution in [2.24, 2.45) is 0 Å². The van der Waals surface area contributed by atoms with Gasteiger partial charge in [0, 0.05) is 17.5 Å². The maximum Gasteiger partial charge on any atom is 0.166 e. The molecule has 0 radical (unpaired) electrons. The van der Waals surface area contributed by atoms with E-state index in [1.807, 2.05) is 0 Å². The van der Waals surface area contributed by atoms with Crippen LogP contribution in [-0.2, 0) is 11.3 Å². The van der Waals surface area contributed by atoms with Crippen LogP contribution in [0.15, 0.2) is 12.1 Å². The monoisotopic (exact) mass is 235 g/mol.